The molecule has 0 amide bonds. The van der Waals surface area contributed by atoms with E-state index in [1.165, 1.54) is 0 Å². The smallest absolute Gasteiger partial charge is 0.150 e. The van der Waals surface area contributed by atoms with Gasteiger partial charge in [-0.3, -0.25) is 0 Å². The number of hydrogen-bond donors (Lipinski definition) is 0. The maximum absolute atomic E-state index is 11.1. The van der Waals surface area contributed by atoms with Crippen LogP contribution in [-0.4, -0.2) is 19.9 Å². The minimum atomic E-state index is -2.68. The van der Waals surface area contributed by atoms with Crippen molar-refractivity contribution < 1.29 is 8.42 Å². The van der Waals surface area contributed by atoms with Crippen molar-refractivity contribution in [1.82, 2.24) is 0 Å². The lowest BCUT2D eigenvalue weighted by Gasteiger charge is -2.23. The lowest BCUT2D eigenvalue weighted by atomic mass is 10.0. The summed E-state index contributed by atoms with van der Waals surface area (Å²) in [7, 11) is -2.68. The van der Waals surface area contributed by atoms with Gasteiger partial charge in [0.05, 0.1) is 11.5 Å². The van der Waals surface area contributed by atoms with Gasteiger partial charge in [0, 0.05) is 0 Å². The first kappa shape index (κ1) is 8.05. The molecular weight excluding hydrogens is 148 g/mol. The van der Waals surface area contributed by atoms with Crippen molar-refractivity contribution in [3.05, 3.63) is 0 Å². The largest absolute Gasteiger partial charge is 0.229 e. The third-order valence-corrected chi connectivity index (χ3v) is 4.04. The van der Waals surface area contributed by atoms with Crippen molar-refractivity contribution in [2.75, 3.05) is 11.5 Å². The summed E-state index contributed by atoms with van der Waals surface area (Å²) in [5.41, 5.74) is 0. The quantitative estimate of drug-likeness (QED) is 0.534. The van der Waals surface area contributed by atoms with E-state index in [1.54, 1.807) is 0 Å². The highest BCUT2D eigenvalue weighted by molar-refractivity contribution is 7.91. The average molecular weight is 162 g/mol. The van der Waals surface area contributed by atoms with E-state index in [0.29, 0.717) is 23.3 Å². The van der Waals surface area contributed by atoms with Crippen LogP contribution in [0.25, 0.3) is 0 Å². The van der Waals surface area contributed by atoms with Crippen LogP contribution in [0.3, 0.4) is 0 Å². The SMILES string of the molecule is C[C@@H]1C[C@H](C)CS(=O)(=O)C1. The summed E-state index contributed by atoms with van der Waals surface area (Å²) in [5.74, 6) is 1.54. The van der Waals surface area contributed by atoms with E-state index in [4.69, 9.17) is 0 Å². The molecule has 1 rings (SSSR count). The van der Waals surface area contributed by atoms with Gasteiger partial charge in [-0.2, -0.15) is 0 Å². The topological polar surface area (TPSA) is 34.1 Å². The fraction of sp³-hybridized carbons (Fsp3) is 1.00. The van der Waals surface area contributed by atoms with Crippen LogP contribution in [-0.2, 0) is 9.84 Å². The van der Waals surface area contributed by atoms with E-state index in [9.17, 15) is 8.42 Å². The van der Waals surface area contributed by atoms with Crippen LogP contribution in [0.15, 0.2) is 0 Å². The van der Waals surface area contributed by atoms with E-state index in [1.807, 2.05) is 13.8 Å². The third kappa shape index (κ3) is 1.97. The molecule has 2 atom stereocenters. The highest BCUT2D eigenvalue weighted by Crippen LogP contribution is 2.22. The Hall–Kier alpha value is -0.0500. The maximum Gasteiger partial charge on any atom is 0.150 e. The minimum absolute atomic E-state index is 0.369. The van der Waals surface area contributed by atoms with Gasteiger partial charge in [-0.25, -0.2) is 8.42 Å². The van der Waals surface area contributed by atoms with Gasteiger partial charge in [-0.1, -0.05) is 13.8 Å². The van der Waals surface area contributed by atoms with Gasteiger partial charge in [0.25, 0.3) is 0 Å². The summed E-state index contributed by atoms with van der Waals surface area (Å²) in [6.45, 7) is 4.01. The zero-order valence-electron chi connectivity index (χ0n) is 6.50. The molecule has 10 heavy (non-hydrogen) atoms. The molecule has 1 aliphatic heterocycles. The second-order valence-corrected chi connectivity index (χ2v) is 5.68. The lowest BCUT2D eigenvalue weighted by Crippen LogP contribution is -2.28. The molecule has 3 heteroatoms. The van der Waals surface area contributed by atoms with Crippen molar-refractivity contribution in [2.45, 2.75) is 20.3 Å². The van der Waals surface area contributed by atoms with E-state index >= 15 is 0 Å². The van der Waals surface area contributed by atoms with Crippen molar-refractivity contribution in [2.24, 2.45) is 11.8 Å². The van der Waals surface area contributed by atoms with E-state index < -0.39 is 9.84 Å². The molecule has 0 aromatic heterocycles. The molecule has 0 aliphatic carbocycles. The molecular formula is C7H14O2S. The number of sulfone groups is 1. The van der Waals surface area contributed by atoms with Gasteiger partial charge in [-0.05, 0) is 18.3 Å². The summed E-state index contributed by atoms with van der Waals surface area (Å²) in [5, 5.41) is 0. The standard InChI is InChI=1S/C7H14O2S/c1-6-3-7(2)5-10(8,9)4-6/h6-7H,3-5H2,1-2H3/t6-,7+. The van der Waals surface area contributed by atoms with E-state index in [2.05, 4.69) is 0 Å². The van der Waals surface area contributed by atoms with Gasteiger partial charge in [-0.15, -0.1) is 0 Å². The average Bonchev–Trinajstić information content (AvgIpc) is 1.54. The first-order valence-electron chi connectivity index (χ1n) is 3.70. The molecule has 0 saturated carbocycles. The Balaban J connectivity index is 2.69. The molecule has 0 bridgehead atoms. The van der Waals surface area contributed by atoms with Crippen LogP contribution < -0.4 is 0 Å². The van der Waals surface area contributed by atoms with Crippen molar-refractivity contribution in [3.63, 3.8) is 0 Å². The summed E-state index contributed by atoms with van der Waals surface area (Å²) in [6.07, 6.45) is 1.07. The van der Waals surface area contributed by atoms with Gasteiger partial charge in [0.2, 0.25) is 0 Å². The first-order chi connectivity index (χ1) is 4.49. The monoisotopic (exact) mass is 162 g/mol. The predicted octanol–water partition coefficient (Wildman–Crippen LogP) is 1.08. The Morgan fingerprint density at radius 3 is 1.80 bits per heavy atom. The second-order valence-electron chi connectivity index (χ2n) is 3.52. The third-order valence-electron chi connectivity index (χ3n) is 1.88. The molecule has 0 aromatic carbocycles. The Labute approximate surface area is 62.5 Å². The highest BCUT2D eigenvalue weighted by atomic mass is 32.2. The van der Waals surface area contributed by atoms with Gasteiger partial charge in [0.15, 0.2) is 9.84 Å². The summed E-state index contributed by atoms with van der Waals surface area (Å²) in [6, 6.07) is 0. The van der Waals surface area contributed by atoms with Crippen LogP contribution in [0.5, 0.6) is 0 Å². The van der Waals surface area contributed by atoms with Crippen molar-refractivity contribution >= 4 is 9.84 Å². The van der Waals surface area contributed by atoms with E-state index in [-0.39, 0.29) is 0 Å². The second kappa shape index (κ2) is 2.53. The van der Waals surface area contributed by atoms with Crippen LogP contribution in [0, 0.1) is 11.8 Å². The fourth-order valence-corrected chi connectivity index (χ4v) is 3.90. The Morgan fingerprint density at radius 1 is 1.10 bits per heavy atom. The maximum atomic E-state index is 11.1. The predicted molar refractivity (Wildman–Crippen MR) is 41.6 cm³/mol. The zero-order chi connectivity index (χ0) is 7.78. The number of hydrogen-bond acceptors (Lipinski definition) is 2. The first-order valence-corrected chi connectivity index (χ1v) is 5.52. The molecule has 1 aliphatic rings. The van der Waals surface area contributed by atoms with Gasteiger partial charge < -0.3 is 0 Å². The Morgan fingerprint density at radius 2 is 1.50 bits per heavy atom. The van der Waals surface area contributed by atoms with Crippen LogP contribution >= 0.6 is 0 Å². The molecule has 0 aromatic rings. The highest BCUT2D eigenvalue weighted by Gasteiger charge is 2.26. The van der Waals surface area contributed by atoms with E-state index in [0.717, 1.165) is 6.42 Å². The molecule has 0 radical (unpaired) electrons. The zero-order valence-corrected chi connectivity index (χ0v) is 7.32. The molecule has 0 N–H and O–H groups in total. The molecule has 1 heterocycles. The molecule has 0 unspecified atom stereocenters. The Kier molecular flexibility index (Phi) is 2.04. The minimum Gasteiger partial charge on any atom is -0.229 e. The Bertz CT molecular complexity index is 190. The fourth-order valence-electron chi connectivity index (χ4n) is 1.76. The molecule has 1 saturated heterocycles. The van der Waals surface area contributed by atoms with Crippen LogP contribution in [0.4, 0.5) is 0 Å². The lowest BCUT2D eigenvalue weighted by molar-refractivity contribution is 0.436. The summed E-state index contributed by atoms with van der Waals surface area (Å²) < 4.78 is 22.1. The molecule has 1 fully saturated rings. The van der Waals surface area contributed by atoms with Gasteiger partial charge in [0.1, 0.15) is 0 Å². The number of rotatable bonds is 0. The van der Waals surface area contributed by atoms with Crippen molar-refractivity contribution in [1.29, 1.82) is 0 Å². The molecule has 0 spiro atoms. The van der Waals surface area contributed by atoms with Crippen LogP contribution in [0.1, 0.15) is 20.3 Å². The molecule has 60 valence electrons. The summed E-state index contributed by atoms with van der Waals surface area (Å²) in [4.78, 5) is 0. The summed E-state index contributed by atoms with van der Waals surface area (Å²) >= 11 is 0. The van der Waals surface area contributed by atoms with Crippen LogP contribution in [0.2, 0.25) is 0 Å². The van der Waals surface area contributed by atoms with Gasteiger partial charge >= 0.3 is 0 Å². The molecule has 2 nitrogen and oxygen atoms in total. The van der Waals surface area contributed by atoms with Crippen molar-refractivity contribution in [3.8, 4) is 0 Å². The normalized spacial score (nSPS) is 39.4.